The molecule has 0 amide bonds. The molecule has 3 nitrogen and oxygen atoms in total. The van der Waals surface area contributed by atoms with Gasteiger partial charge in [-0.1, -0.05) is 6.58 Å². The van der Waals surface area contributed by atoms with Crippen LogP contribution in [0.5, 0.6) is 0 Å². The Labute approximate surface area is 79.4 Å². The highest BCUT2D eigenvalue weighted by Gasteiger charge is 2.23. The van der Waals surface area contributed by atoms with Crippen LogP contribution in [0.3, 0.4) is 0 Å². The molecular formula is C10H17NO2. The van der Waals surface area contributed by atoms with Gasteiger partial charge in [-0.25, -0.2) is 4.79 Å². The Morgan fingerprint density at radius 1 is 1.62 bits per heavy atom. The van der Waals surface area contributed by atoms with E-state index in [1.807, 2.05) is 0 Å². The number of carbonyl (C=O) groups excluding carboxylic acids is 1. The molecule has 0 bridgehead atoms. The van der Waals surface area contributed by atoms with E-state index in [9.17, 15) is 4.79 Å². The Balaban J connectivity index is 2.51. The van der Waals surface area contributed by atoms with Gasteiger partial charge in [0.05, 0.1) is 7.11 Å². The molecule has 1 atom stereocenters. The molecule has 1 saturated heterocycles. The van der Waals surface area contributed by atoms with E-state index in [4.69, 9.17) is 0 Å². The summed E-state index contributed by atoms with van der Waals surface area (Å²) in [6.45, 7) is 5.82. The van der Waals surface area contributed by atoms with Crippen molar-refractivity contribution in [1.29, 1.82) is 0 Å². The van der Waals surface area contributed by atoms with Crippen molar-refractivity contribution in [2.24, 2.45) is 5.92 Å². The molecule has 0 radical (unpaired) electrons. The number of likely N-dealkylation sites (tertiary alicyclic amines) is 1. The molecule has 0 spiro atoms. The van der Waals surface area contributed by atoms with E-state index in [1.165, 1.54) is 7.11 Å². The third-order valence-electron chi connectivity index (χ3n) is 2.56. The largest absolute Gasteiger partial charge is 0.466 e. The van der Waals surface area contributed by atoms with Crippen molar-refractivity contribution in [3.63, 3.8) is 0 Å². The van der Waals surface area contributed by atoms with Crippen LogP contribution in [0.15, 0.2) is 12.2 Å². The second kappa shape index (κ2) is 4.42. The molecular weight excluding hydrogens is 166 g/mol. The quantitative estimate of drug-likeness (QED) is 0.473. The fraction of sp³-hybridized carbons (Fsp3) is 0.700. The molecule has 0 aromatic carbocycles. The average molecular weight is 183 g/mol. The van der Waals surface area contributed by atoms with Crippen molar-refractivity contribution >= 4 is 5.97 Å². The van der Waals surface area contributed by atoms with Gasteiger partial charge in [0.25, 0.3) is 0 Å². The molecule has 1 rings (SSSR count). The van der Waals surface area contributed by atoms with E-state index in [1.54, 1.807) is 0 Å². The second-order valence-corrected chi connectivity index (χ2v) is 3.62. The summed E-state index contributed by atoms with van der Waals surface area (Å²) in [7, 11) is 3.47. The summed E-state index contributed by atoms with van der Waals surface area (Å²) in [6.07, 6.45) is 2.19. The normalized spacial score (nSPS) is 24.0. The Hall–Kier alpha value is -0.830. The number of hydrogen-bond acceptors (Lipinski definition) is 3. The third-order valence-corrected chi connectivity index (χ3v) is 2.56. The smallest absolute Gasteiger partial charge is 0.333 e. The van der Waals surface area contributed by atoms with Crippen LogP contribution in [0.25, 0.3) is 0 Å². The minimum atomic E-state index is -0.264. The number of hydrogen-bond donors (Lipinski definition) is 0. The maximum absolute atomic E-state index is 11.2. The number of carbonyl (C=O) groups is 1. The molecule has 13 heavy (non-hydrogen) atoms. The summed E-state index contributed by atoms with van der Waals surface area (Å²) >= 11 is 0. The summed E-state index contributed by atoms with van der Waals surface area (Å²) in [6, 6.07) is 0. The summed E-state index contributed by atoms with van der Waals surface area (Å²) in [5.41, 5.74) is 0.619. The van der Waals surface area contributed by atoms with Gasteiger partial charge in [-0.05, 0) is 26.4 Å². The van der Waals surface area contributed by atoms with Gasteiger partial charge in [0.1, 0.15) is 0 Å². The molecule has 1 aliphatic rings. The fourth-order valence-corrected chi connectivity index (χ4v) is 1.75. The zero-order valence-corrected chi connectivity index (χ0v) is 8.38. The summed E-state index contributed by atoms with van der Waals surface area (Å²) in [5.74, 6) is 0.0199. The van der Waals surface area contributed by atoms with Gasteiger partial charge in [-0.15, -0.1) is 0 Å². The monoisotopic (exact) mass is 183 g/mol. The molecule has 0 N–H and O–H groups in total. The molecule has 1 aliphatic heterocycles. The summed E-state index contributed by atoms with van der Waals surface area (Å²) in [5, 5.41) is 0. The first-order chi connectivity index (χ1) is 6.15. The van der Waals surface area contributed by atoms with Crippen LogP contribution in [0.2, 0.25) is 0 Å². The molecule has 1 unspecified atom stereocenters. The molecule has 1 fully saturated rings. The SMILES string of the molecule is C=C(C(=O)OC)C1CCCN(C)C1. The van der Waals surface area contributed by atoms with Crippen LogP contribution in [-0.2, 0) is 9.53 Å². The number of esters is 1. The standard InChI is InChI=1S/C10H17NO2/c1-8(10(12)13-3)9-5-4-6-11(2)7-9/h9H,1,4-7H2,2-3H3. The van der Waals surface area contributed by atoms with E-state index in [0.29, 0.717) is 5.57 Å². The molecule has 0 aromatic rings. The minimum Gasteiger partial charge on any atom is -0.466 e. The highest BCUT2D eigenvalue weighted by molar-refractivity contribution is 5.88. The van der Waals surface area contributed by atoms with E-state index >= 15 is 0 Å². The number of methoxy groups -OCH3 is 1. The van der Waals surface area contributed by atoms with E-state index < -0.39 is 0 Å². The molecule has 0 aliphatic carbocycles. The number of nitrogens with zero attached hydrogens (tertiary/aromatic N) is 1. The molecule has 1 heterocycles. The van der Waals surface area contributed by atoms with Crippen LogP contribution < -0.4 is 0 Å². The summed E-state index contributed by atoms with van der Waals surface area (Å²) in [4.78, 5) is 13.4. The molecule has 3 heteroatoms. The fourth-order valence-electron chi connectivity index (χ4n) is 1.75. The lowest BCUT2D eigenvalue weighted by Crippen LogP contribution is -2.34. The predicted octanol–water partition coefficient (Wildman–Crippen LogP) is 1.06. The third kappa shape index (κ3) is 2.56. The van der Waals surface area contributed by atoms with Crippen molar-refractivity contribution in [3.8, 4) is 0 Å². The van der Waals surface area contributed by atoms with E-state index in [0.717, 1.165) is 25.9 Å². The van der Waals surface area contributed by atoms with Crippen molar-refractivity contribution < 1.29 is 9.53 Å². The summed E-state index contributed by atoms with van der Waals surface area (Å²) < 4.78 is 4.64. The number of rotatable bonds is 2. The first kappa shape index (κ1) is 10.3. The lowest BCUT2D eigenvalue weighted by molar-refractivity contribution is -0.136. The molecule has 74 valence electrons. The maximum atomic E-state index is 11.2. The topological polar surface area (TPSA) is 29.5 Å². The average Bonchev–Trinajstić information content (AvgIpc) is 2.15. The lowest BCUT2D eigenvalue weighted by atomic mass is 9.91. The van der Waals surface area contributed by atoms with Gasteiger partial charge in [0.15, 0.2) is 0 Å². The highest BCUT2D eigenvalue weighted by Crippen LogP contribution is 2.22. The first-order valence-corrected chi connectivity index (χ1v) is 4.60. The van der Waals surface area contributed by atoms with Gasteiger partial charge in [0, 0.05) is 18.0 Å². The van der Waals surface area contributed by atoms with Crippen molar-refractivity contribution in [2.45, 2.75) is 12.8 Å². The van der Waals surface area contributed by atoms with E-state index in [-0.39, 0.29) is 11.9 Å². The van der Waals surface area contributed by atoms with Gasteiger partial charge >= 0.3 is 5.97 Å². The second-order valence-electron chi connectivity index (χ2n) is 3.62. The maximum Gasteiger partial charge on any atom is 0.333 e. The zero-order valence-electron chi connectivity index (χ0n) is 8.38. The predicted molar refractivity (Wildman–Crippen MR) is 51.4 cm³/mol. The lowest BCUT2D eigenvalue weighted by Gasteiger charge is -2.29. The minimum absolute atomic E-state index is 0.264. The zero-order chi connectivity index (χ0) is 9.84. The van der Waals surface area contributed by atoms with Crippen LogP contribution in [-0.4, -0.2) is 38.1 Å². The van der Waals surface area contributed by atoms with Crippen LogP contribution in [0.1, 0.15) is 12.8 Å². The van der Waals surface area contributed by atoms with Crippen LogP contribution in [0.4, 0.5) is 0 Å². The van der Waals surface area contributed by atoms with Gasteiger partial charge < -0.3 is 9.64 Å². The first-order valence-electron chi connectivity index (χ1n) is 4.60. The van der Waals surface area contributed by atoms with Crippen molar-refractivity contribution in [2.75, 3.05) is 27.2 Å². The van der Waals surface area contributed by atoms with Gasteiger partial charge in [-0.3, -0.25) is 0 Å². The molecule has 0 aromatic heterocycles. The van der Waals surface area contributed by atoms with Crippen molar-refractivity contribution in [3.05, 3.63) is 12.2 Å². The highest BCUT2D eigenvalue weighted by atomic mass is 16.5. The Morgan fingerprint density at radius 2 is 2.31 bits per heavy atom. The van der Waals surface area contributed by atoms with Gasteiger partial charge in [-0.2, -0.15) is 0 Å². The number of ether oxygens (including phenoxy) is 1. The van der Waals surface area contributed by atoms with Crippen LogP contribution in [0, 0.1) is 5.92 Å². The van der Waals surface area contributed by atoms with Crippen molar-refractivity contribution in [1.82, 2.24) is 4.90 Å². The number of piperidine rings is 1. The Bertz CT molecular complexity index is 213. The Morgan fingerprint density at radius 3 is 2.85 bits per heavy atom. The Kier molecular flexibility index (Phi) is 3.48. The van der Waals surface area contributed by atoms with Crippen LogP contribution >= 0.6 is 0 Å². The van der Waals surface area contributed by atoms with E-state index in [2.05, 4.69) is 23.3 Å². The van der Waals surface area contributed by atoms with Gasteiger partial charge in [0.2, 0.25) is 0 Å². The molecule has 0 saturated carbocycles.